The fraction of sp³-hybridized carbons (Fsp3) is 0.533. The van der Waals surface area contributed by atoms with Crippen LogP contribution < -0.4 is 4.90 Å². The monoisotopic (exact) mass is 538 g/mol. The van der Waals surface area contributed by atoms with Gasteiger partial charge in [0.2, 0.25) is 0 Å². The molecule has 2 aromatic carbocycles. The predicted molar refractivity (Wildman–Crippen MR) is 147 cm³/mol. The van der Waals surface area contributed by atoms with Crippen LogP contribution in [0.25, 0.3) is 0 Å². The van der Waals surface area contributed by atoms with Gasteiger partial charge in [0.25, 0.3) is 0 Å². The van der Waals surface area contributed by atoms with E-state index in [9.17, 15) is 14.0 Å². The molecule has 2 aromatic rings. The highest BCUT2D eigenvalue weighted by Gasteiger charge is 2.42. The van der Waals surface area contributed by atoms with Gasteiger partial charge in [-0.2, -0.15) is 0 Å². The van der Waals surface area contributed by atoms with Gasteiger partial charge < -0.3 is 24.2 Å². The Kier molecular flexibility index (Phi) is 7.98. The highest BCUT2D eigenvalue weighted by molar-refractivity contribution is 5.69. The first kappa shape index (κ1) is 27.2. The molecular weight excluding hydrogens is 499 g/mol. The van der Waals surface area contributed by atoms with Crippen LogP contribution >= 0.6 is 0 Å². The van der Waals surface area contributed by atoms with Gasteiger partial charge >= 0.3 is 12.2 Å². The maximum atomic E-state index is 14.8. The summed E-state index contributed by atoms with van der Waals surface area (Å²) in [5.41, 5.74) is 2.23. The maximum Gasteiger partial charge on any atom is 0.410 e. The van der Waals surface area contributed by atoms with Gasteiger partial charge in [-0.1, -0.05) is 30.3 Å². The average molecular weight is 539 g/mol. The first-order valence-corrected chi connectivity index (χ1v) is 13.9. The lowest BCUT2D eigenvalue weighted by molar-refractivity contribution is 0.0209. The molecule has 8 nitrogen and oxygen atoms in total. The minimum atomic E-state index is -0.529. The van der Waals surface area contributed by atoms with E-state index in [2.05, 4.69) is 15.9 Å². The Labute approximate surface area is 230 Å². The molecule has 3 aliphatic rings. The molecule has 210 valence electrons. The summed E-state index contributed by atoms with van der Waals surface area (Å²) < 4.78 is 25.9. The summed E-state index contributed by atoms with van der Waals surface area (Å²) in [6.07, 6.45) is 1.37. The van der Waals surface area contributed by atoms with Crippen LogP contribution in [0.15, 0.2) is 48.5 Å². The van der Waals surface area contributed by atoms with E-state index in [4.69, 9.17) is 9.47 Å². The molecule has 5 rings (SSSR count). The minimum Gasteiger partial charge on any atom is -0.445 e. The second-order valence-corrected chi connectivity index (χ2v) is 11.8. The number of amides is 2. The Morgan fingerprint density at radius 3 is 2.18 bits per heavy atom. The number of ether oxygens (including phenoxy) is 2. The van der Waals surface area contributed by atoms with Crippen molar-refractivity contribution in [2.45, 2.75) is 64.4 Å². The van der Waals surface area contributed by atoms with Crippen molar-refractivity contribution in [3.05, 3.63) is 65.5 Å². The fourth-order valence-corrected chi connectivity index (χ4v) is 5.83. The summed E-state index contributed by atoms with van der Waals surface area (Å²) in [6, 6.07) is 15.2. The van der Waals surface area contributed by atoms with Gasteiger partial charge in [0.15, 0.2) is 0 Å². The molecule has 2 bridgehead atoms. The van der Waals surface area contributed by atoms with Crippen molar-refractivity contribution < 1.29 is 23.5 Å². The largest absolute Gasteiger partial charge is 0.445 e. The first-order chi connectivity index (χ1) is 18.6. The highest BCUT2D eigenvalue weighted by atomic mass is 19.1. The molecule has 2 amide bonds. The second-order valence-electron chi connectivity index (χ2n) is 11.8. The fourth-order valence-electron chi connectivity index (χ4n) is 5.83. The summed E-state index contributed by atoms with van der Waals surface area (Å²) in [4.78, 5) is 33.2. The molecule has 0 aromatic heterocycles. The predicted octanol–water partition coefficient (Wildman–Crippen LogP) is 4.87. The van der Waals surface area contributed by atoms with Gasteiger partial charge in [0.1, 0.15) is 18.0 Å². The van der Waals surface area contributed by atoms with Crippen LogP contribution in [0, 0.1) is 5.82 Å². The number of rotatable bonds is 5. The normalized spacial score (nSPS) is 21.7. The Morgan fingerprint density at radius 2 is 1.54 bits per heavy atom. The number of likely N-dealkylation sites (tertiary alicyclic amines) is 1. The number of hydrogen-bond donors (Lipinski definition) is 0. The maximum absolute atomic E-state index is 14.8. The zero-order valence-corrected chi connectivity index (χ0v) is 23.1. The number of nitrogens with zero attached hydrogens (tertiary/aromatic N) is 4. The van der Waals surface area contributed by atoms with Crippen LogP contribution in [0.2, 0.25) is 0 Å². The number of benzene rings is 2. The number of anilines is 1. The summed E-state index contributed by atoms with van der Waals surface area (Å²) in [6.45, 7) is 10.2. The molecule has 0 N–H and O–H groups in total. The minimum absolute atomic E-state index is 0.149. The molecule has 9 heteroatoms. The van der Waals surface area contributed by atoms with Crippen LogP contribution in [0.3, 0.4) is 0 Å². The summed E-state index contributed by atoms with van der Waals surface area (Å²) in [5, 5.41) is 0. The third-order valence-corrected chi connectivity index (χ3v) is 7.62. The van der Waals surface area contributed by atoms with E-state index in [1.165, 1.54) is 0 Å². The zero-order chi connectivity index (χ0) is 27.6. The van der Waals surface area contributed by atoms with Gasteiger partial charge in [-0.15, -0.1) is 0 Å². The lowest BCUT2D eigenvalue weighted by Crippen LogP contribution is -2.56. The first-order valence-electron chi connectivity index (χ1n) is 13.9. The van der Waals surface area contributed by atoms with E-state index in [0.29, 0.717) is 45.8 Å². The summed E-state index contributed by atoms with van der Waals surface area (Å²) >= 11 is 0. The van der Waals surface area contributed by atoms with Crippen LogP contribution in [0.1, 0.15) is 44.7 Å². The van der Waals surface area contributed by atoms with Crippen molar-refractivity contribution in [1.82, 2.24) is 14.7 Å². The molecule has 3 saturated heterocycles. The van der Waals surface area contributed by atoms with Gasteiger partial charge in [0, 0.05) is 63.6 Å². The van der Waals surface area contributed by atoms with Gasteiger partial charge in [-0.3, -0.25) is 4.90 Å². The molecule has 39 heavy (non-hydrogen) atoms. The Bertz CT molecular complexity index is 1150. The van der Waals surface area contributed by atoms with Crippen LogP contribution in [0.4, 0.5) is 19.7 Å². The Hall–Kier alpha value is -3.33. The van der Waals surface area contributed by atoms with Crippen molar-refractivity contribution in [3.63, 3.8) is 0 Å². The van der Waals surface area contributed by atoms with E-state index in [0.717, 1.165) is 29.7 Å². The third kappa shape index (κ3) is 6.82. The van der Waals surface area contributed by atoms with Crippen LogP contribution in [-0.2, 0) is 22.6 Å². The van der Waals surface area contributed by atoms with Crippen molar-refractivity contribution in [3.8, 4) is 0 Å². The molecule has 0 radical (unpaired) electrons. The van der Waals surface area contributed by atoms with Crippen molar-refractivity contribution >= 4 is 17.9 Å². The van der Waals surface area contributed by atoms with Crippen LogP contribution in [0.5, 0.6) is 0 Å². The summed E-state index contributed by atoms with van der Waals surface area (Å²) in [7, 11) is 0. The van der Waals surface area contributed by atoms with Crippen molar-refractivity contribution in [2.24, 2.45) is 0 Å². The number of fused-ring (bicyclic) bond motifs is 2. The highest BCUT2D eigenvalue weighted by Crippen LogP contribution is 2.36. The molecule has 3 heterocycles. The number of halogens is 1. The van der Waals surface area contributed by atoms with Crippen LogP contribution in [-0.4, -0.2) is 83.8 Å². The average Bonchev–Trinajstić information content (AvgIpc) is 3.16. The van der Waals surface area contributed by atoms with Gasteiger partial charge in [-0.25, -0.2) is 14.0 Å². The molecule has 2 atom stereocenters. The molecule has 0 spiro atoms. The quantitative estimate of drug-likeness (QED) is 0.541. The lowest BCUT2D eigenvalue weighted by Gasteiger charge is -2.42. The van der Waals surface area contributed by atoms with E-state index >= 15 is 0 Å². The number of carbonyl (C=O) groups excluding carboxylic acids is 2. The van der Waals surface area contributed by atoms with E-state index in [-0.39, 0.29) is 36.7 Å². The zero-order valence-electron chi connectivity index (χ0n) is 23.1. The van der Waals surface area contributed by atoms with E-state index in [1.807, 2.05) is 51.1 Å². The van der Waals surface area contributed by atoms with E-state index in [1.54, 1.807) is 21.9 Å². The number of carbonyl (C=O) groups is 2. The molecule has 0 saturated carbocycles. The molecule has 3 fully saturated rings. The topological polar surface area (TPSA) is 65.6 Å². The third-order valence-electron chi connectivity index (χ3n) is 7.62. The Balaban J connectivity index is 1.15. The standard InChI is InChI=1S/C30H39FN4O4/c1-30(2,3)39-29(37)34-19-25-9-10-26(20-34)35(25)27-16-23(15-24(31)17-27)18-32-11-13-33(14-12-32)28(36)38-21-22-7-5-4-6-8-22/h4-8,15-17,25-26H,9-14,18-21H2,1-3H3. The van der Waals surface area contributed by atoms with Gasteiger partial charge in [0.05, 0.1) is 0 Å². The number of piperazine rings is 2. The summed E-state index contributed by atoms with van der Waals surface area (Å²) in [5.74, 6) is -0.250. The molecular formula is C30H39FN4O4. The Morgan fingerprint density at radius 1 is 0.872 bits per heavy atom. The number of hydrogen-bond acceptors (Lipinski definition) is 6. The lowest BCUT2D eigenvalue weighted by atomic mass is 10.1. The molecule has 0 aliphatic carbocycles. The second kappa shape index (κ2) is 11.4. The SMILES string of the molecule is CC(C)(C)OC(=O)N1CC2CCC(C1)N2c1cc(F)cc(CN2CCN(C(=O)OCc3ccccc3)CC2)c1. The van der Waals surface area contributed by atoms with Crippen molar-refractivity contribution in [2.75, 3.05) is 44.2 Å². The van der Waals surface area contributed by atoms with Crippen molar-refractivity contribution in [1.29, 1.82) is 0 Å². The van der Waals surface area contributed by atoms with Gasteiger partial charge in [-0.05, 0) is 62.9 Å². The molecule has 2 unspecified atom stereocenters. The molecule has 3 aliphatic heterocycles. The van der Waals surface area contributed by atoms with E-state index < -0.39 is 5.60 Å². The smallest absolute Gasteiger partial charge is 0.410 e.